The molecule has 2 fully saturated rings. The number of benzene rings is 2. The molecule has 0 spiro atoms. The molecular formula is C35H39N9O4. The van der Waals surface area contributed by atoms with Crippen molar-refractivity contribution in [3.05, 3.63) is 108 Å². The van der Waals surface area contributed by atoms with E-state index < -0.39 is 29.9 Å². The zero-order valence-electron chi connectivity index (χ0n) is 27.1. The lowest BCUT2D eigenvalue weighted by Crippen LogP contribution is -2.54. The number of aromatic nitrogens is 5. The molecular weight excluding hydrogens is 610 g/mol. The van der Waals surface area contributed by atoms with Crippen LogP contribution in [0.3, 0.4) is 0 Å². The van der Waals surface area contributed by atoms with Gasteiger partial charge < -0.3 is 30.2 Å². The average molecular weight is 650 g/mol. The van der Waals surface area contributed by atoms with Gasteiger partial charge in [0.2, 0.25) is 0 Å². The number of amides is 1. The third-order valence-electron chi connectivity index (χ3n) is 8.82. The van der Waals surface area contributed by atoms with Gasteiger partial charge in [-0.05, 0) is 44.0 Å². The highest BCUT2D eigenvalue weighted by Gasteiger charge is 2.67. The minimum absolute atomic E-state index is 0.0628. The van der Waals surface area contributed by atoms with E-state index in [2.05, 4.69) is 49.5 Å². The summed E-state index contributed by atoms with van der Waals surface area (Å²) in [6.07, 6.45) is 0.0766. The lowest BCUT2D eigenvalue weighted by atomic mass is 9.91. The van der Waals surface area contributed by atoms with Crippen molar-refractivity contribution in [2.75, 3.05) is 24.1 Å². The van der Waals surface area contributed by atoms with Crippen LogP contribution in [0, 0.1) is 0 Å². The molecule has 5 heterocycles. The number of rotatable bonds is 10. The fourth-order valence-electron chi connectivity index (χ4n) is 6.64. The van der Waals surface area contributed by atoms with E-state index in [0.717, 1.165) is 0 Å². The van der Waals surface area contributed by atoms with Gasteiger partial charge in [0.05, 0.1) is 18.6 Å². The number of likely N-dealkylation sites (N-methyl/N-ethyl adjacent to an activating group) is 1. The predicted molar refractivity (Wildman–Crippen MR) is 179 cm³/mol. The highest BCUT2D eigenvalue weighted by Crippen LogP contribution is 2.49. The van der Waals surface area contributed by atoms with Crippen molar-refractivity contribution in [2.24, 2.45) is 5.73 Å². The van der Waals surface area contributed by atoms with E-state index in [1.54, 1.807) is 41.8 Å². The van der Waals surface area contributed by atoms with Crippen molar-refractivity contribution in [3.8, 4) is 0 Å². The summed E-state index contributed by atoms with van der Waals surface area (Å²) in [5.41, 5.74) is 15.3. The fourth-order valence-corrected chi connectivity index (χ4v) is 6.64. The number of imidazole rings is 1. The molecule has 0 bridgehead atoms. The van der Waals surface area contributed by atoms with Gasteiger partial charge in [-0.15, -0.1) is 0 Å². The molecule has 13 nitrogen and oxygen atoms in total. The molecule has 2 aliphatic heterocycles. The van der Waals surface area contributed by atoms with Crippen LogP contribution < -0.4 is 16.8 Å². The molecule has 2 saturated heterocycles. The topological polar surface area (TPSA) is 169 Å². The minimum atomic E-state index is -1.53. The Bertz CT molecular complexity index is 1860. The molecule has 0 aliphatic carbocycles. The number of hydrogen-bond acceptors (Lipinski definition) is 11. The first-order chi connectivity index (χ1) is 23.2. The van der Waals surface area contributed by atoms with Crippen molar-refractivity contribution >= 4 is 28.7 Å². The number of fused-ring (bicyclic) bond motifs is 2. The summed E-state index contributed by atoms with van der Waals surface area (Å²) in [7, 11) is 0. The fraction of sp³-hybridized carbons (Fsp3) is 0.343. The molecule has 5 aromatic rings. The van der Waals surface area contributed by atoms with Gasteiger partial charge in [-0.2, -0.15) is 0 Å². The maximum atomic E-state index is 14.1. The summed E-state index contributed by atoms with van der Waals surface area (Å²) in [6.45, 7) is 6.61. The molecule has 1 amide bonds. The zero-order valence-corrected chi connectivity index (χ0v) is 27.1. The number of ether oxygens (including phenoxy) is 3. The summed E-state index contributed by atoms with van der Waals surface area (Å²) < 4.78 is 20.7. The number of anilines is 2. The van der Waals surface area contributed by atoms with Gasteiger partial charge in [0.25, 0.3) is 5.91 Å². The van der Waals surface area contributed by atoms with Crippen LogP contribution in [-0.2, 0) is 25.5 Å². The second kappa shape index (κ2) is 12.6. The van der Waals surface area contributed by atoms with Gasteiger partial charge in [0, 0.05) is 19.0 Å². The Morgan fingerprint density at radius 2 is 1.71 bits per heavy atom. The lowest BCUT2D eigenvalue weighted by Gasteiger charge is -2.30. The molecule has 0 radical (unpaired) electrons. The van der Waals surface area contributed by atoms with Gasteiger partial charge in [-0.3, -0.25) is 15.1 Å². The van der Waals surface area contributed by atoms with Crippen molar-refractivity contribution in [3.63, 3.8) is 0 Å². The average Bonchev–Trinajstić information content (AvgIpc) is 3.70. The maximum absolute atomic E-state index is 14.1. The zero-order chi connectivity index (χ0) is 33.5. The lowest BCUT2D eigenvalue weighted by molar-refractivity contribution is -0.218. The molecule has 48 heavy (non-hydrogen) atoms. The highest BCUT2D eigenvalue weighted by molar-refractivity contribution is 5.84. The number of nitrogens with zero attached hydrogens (tertiary/aromatic N) is 6. The van der Waals surface area contributed by atoms with Gasteiger partial charge in [-0.1, -0.05) is 66.7 Å². The summed E-state index contributed by atoms with van der Waals surface area (Å²) >= 11 is 0. The summed E-state index contributed by atoms with van der Waals surface area (Å²) in [4.78, 5) is 33.8. The van der Waals surface area contributed by atoms with Crippen LogP contribution in [0.25, 0.3) is 11.2 Å². The van der Waals surface area contributed by atoms with E-state index in [1.165, 1.54) is 17.5 Å². The summed E-state index contributed by atoms with van der Waals surface area (Å²) in [5.74, 6) is -0.386. The molecule has 2 aliphatic rings. The van der Waals surface area contributed by atoms with Crippen LogP contribution in [0.1, 0.15) is 49.7 Å². The smallest absolute Gasteiger partial charge is 0.255 e. The molecule has 13 heteroatoms. The van der Waals surface area contributed by atoms with E-state index in [-0.39, 0.29) is 18.4 Å². The van der Waals surface area contributed by atoms with Crippen molar-refractivity contribution < 1.29 is 19.0 Å². The Labute approximate surface area is 278 Å². The number of carbonyl (C=O) groups excluding carboxylic acids is 1. The first-order valence-corrected chi connectivity index (χ1v) is 16.0. The highest BCUT2D eigenvalue weighted by atomic mass is 16.8. The van der Waals surface area contributed by atoms with E-state index >= 15 is 0 Å². The Balaban J connectivity index is 1.18. The number of hydrogen-bond donors (Lipinski definition) is 3. The summed E-state index contributed by atoms with van der Waals surface area (Å²) in [5, 5.41) is 3.50. The standard InChI is InChI=1S/C35H39N9O4/c1-4-43(19-24-16-11-17-26(36)42-24)32(45)28-29-35(37,48-34(2,3)47-29)33(46-28)44-21-41-27-30(39-20-40-31(27)44)38-18-25(22-12-7-5-8-13-22)23-14-9-6-10-15-23/h5-17,20-21,25,28-29,33H,4,18-19,37H2,1-3H3,(H2,36,42)(H,38,39,40)/t28-,29+,33+,35+/m0/s1. The second-order valence-electron chi connectivity index (χ2n) is 12.5. The van der Waals surface area contributed by atoms with Crippen LogP contribution in [0.4, 0.5) is 11.6 Å². The van der Waals surface area contributed by atoms with E-state index in [4.69, 9.17) is 25.7 Å². The summed E-state index contributed by atoms with van der Waals surface area (Å²) in [6, 6.07) is 26.0. The van der Waals surface area contributed by atoms with Gasteiger partial charge in [-0.25, -0.2) is 19.9 Å². The number of nitrogens with two attached hydrogens (primary N) is 2. The quantitative estimate of drug-likeness (QED) is 0.201. The van der Waals surface area contributed by atoms with Crippen LogP contribution in [0.15, 0.2) is 91.5 Å². The monoisotopic (exact) mass is 649 g/mol. The van der Waals surface area contributed by atoms with Crippen LogP contribution in [-0.4, -0.2) is 72.1 Å². The van der Waals surface area contributed by atoms with Gasteiger partial charge in [0.15, 0.2) is 40.8 Å². The van der Waals surface area contributed by atoms with Crippen molar-refractivity contribution in [2.45, 2.75) is 63.2 Å². The van der Waals surface area contributed by atoms with Crippen molar-refractivity contribution in [1.82, 2.24) is 29.4 Å². The van der Waals surface area contributed by atoms with E-state index in [9.17, 15) is 4.79 Å². The first kappa shape index (κ1) is 31.6. The van der Waals surface area contributed by atoms with Crippen molar-refractivity contribution in [1.29, 1.82) is 0 Å². The first-order valence-electron chi connectivity index (χ1n) is 16.0. The molecule has 4 atom stereocenters. The molecule has 7 rings (SSSR count). The second-order valence-corrected chi connectivity index (χ2v) is 12.5. The number of carbonyl (C=O) groups is 1. The molecule has 3 aromatic heterocycles. The number of pyridine rings is 1. The third kappa shape index (κ3) is 5.85. The van der Waals surface area contributed by atoms with Crippen LogP contribution >= 0.6 is 0 Å². The Kier molecular flexibility index (Phi) is 8.29. The molecule has 2 aromatic carbocycles. The normalized spacial score (nSPS) is 23.0. The molecule has 0 saturated carbocycles. The Hall–Kier alpha value is -4.95. The van der Waals surface area contributed by atoms with E-state index in [0.29, 0.717) is 41.6 Å². The predicted octanol–water partition coefficient (Wildman–Crippen LogP) is 3.80. The minimum Gasteiger partial charge on any atom is -0.384 e. The van der Waals surface area contributed by atoms with Crippen LogP contribution in [0.2, 0.25) is 0 Å². The number of nitrogens with one attached hydrogen (secondary N) is 1. The maximum Gasteiger partial charge on any atom is 0.255 e. The number of nitrogen functional groups attached to an aromatic ring is 1. The van der Waals surface area contributed by atoms with E-state index in [1.807, 2.05) is 49.4 Å². The molecule has 248 valence electrons. The third-order valence-corrected chi connectivity index (χ3v) is 8.82. The molecule has 5 N–H and O–H groups in total. The molecule has 0 unspecified atom stereocenters. The Morgan fingerprint density at radius 3 is 2.38 bits per heavy atom. The van der Waals surface area contributed by atoms with Crippen LogP contribution in [0.5, 0.6) is 0 Å². The van der Waals surface area contributed by atoms with Gasteiger partial charge >= 0.3 is 0 Å². The SMILES string of the molecule is CCN(Cc1cccc(N)n1)C(=O)[C@H]1O[C@@H](n2cnc3c(NCC(c4ccccc4)c4ccccc4)ncnc32)[C@]2(N)OC(C)(C)O[C@H]12. The Morgan fingerprint density at radius 1 is 1.00 bits per heavy atom. The van der Waals surface area contributed by atoms with Gasteiger partial charge in [0.1, 0.15) is 18.2 Å². The largest absolute Gasteiger partial charge is 0.384 e.